The van der Waals surface area contributed by atoms with Gasteiger partial charge in [0, 0.05) is 46.4 Å². The number of benzene rings is 1. The van der Waals surface area contributed by atoms with Crippen LogP contribution in [0.25, 0.3) is 33.4 Å². The van der Waals surface area contributed by atoms with Crippen LogP contribution in [0.4, 0.5) is 13.9 Å². The lowest BCUT2D eigenvalue weighted by Gasteiger charge is -2.07. The Morgan fingerprint density at radius 3 is 3.00 bits per heavy atom. The Labute approximate surface area is 167 Å². The van der Waals surface area contributed by atoms with Gasteiger partial charge in [0.2, 0.25) is 0 Å². The van der Waals surface area contributed by atoms with Gasteiger partial charge < -0.3 is 24.9 Å². The molecule has 3 aromatic heterocycles. The highest BCUT2D eigenvalue weighted by Gasteiger charge is 2.44. The highest BCUT2D eigenvalue weighted by Crippen LogP contribution is 2.48. The molecule has 4 heterocycles. The van der Waals surface area contributed by atoms with E-state index in [1.165, 1.54) is 17.4 Å². The topological polar surface area (TPSA) is 92.3 Å². The predicted octanol–water partition coefficient (Wildman–Crippen LogP) is 4.08. The summed E-state index contributed by atoms with van der Waals surface area (Å²) in [7, 11) is 0. The lowest BCUT2D eigenvalue weighted by molar-refractivity contribution is -0.286. The summed E-state index contributed by atoms with van der Waals surface area (Å²) in [5.74, 6) is -0.0157. The van der Waals surface area contributed by atoms with Crippen LogP contribution >= 0.6 is 11.3 Å². The summed E-state index contributed by atoms with van der Waals surface area (Å²) in [6, 6.07) is 6.66. The number of ether oxygens (including phenoxy) is 2. The van der Waals surface area contributed by atoms with E-state index in [0.29, 0.717) is 28.5 Å². The molecule has 3 N–H and O–H groups in total. The van der Waals surface area contributed by atoms with Crippen LogP contribution in [0.1, 0.15) is 0 Å². The maximum Gasteiger partial charge on any atom is 0.586 e. The number of nitrogens with zero attached hydrogens (tertiary/aromatic N) is 2. The van der Waals surface area contributed by atoms with Crippen molar-refractivity contribution < 1.29 is 23.4 Å². The zero-order chi connectivity index (χ0) is 20.0. The molecule has 1 aliphatic rings. The Balaban J connectivity index is 1.57. The van der Waals surface area contributed by atoms with E-state index in [9.17, 15) is 8.78 Å². The molecule has 7 nitrogen and oxygen atoms in total. The van der Waals surface area contributed by atoms with Gasteiger partial charge in [-0.2, -0.15) is 0 Å². The van der Waals surface area contributed by atoms with Crippen molar-refractivity contribution >= 4 is 27.5 Å². The minimum atomic E-state index is -3.69. The molecule has 1 aliphatic heterocycles. The van der Waals surface area contributed by atoms with Crippen LogP contribution in [-0.2, 0) is 0 Å². The van der Waals surface area contributed by atoms with Gasteiger partial charge in [0.15, 0.2) is 16.6 Å². The average molecular weight is 416 g/mol. The molecule has 0 fully saturated rings. The molecule has 29 heavy (non-hydrogen) atoms. The number of thiazole rings is 1. The van der Waals surface area contributed by atoms with Gasteiger partial charge in [-0.25, -0.2) is 9.97 Å². The molecule has 0 unspecified atom stereocenters. The molecule has 0 radical (unpaired) electrons. The van der Waals surface area contributed by atoms with Crippen LogP contribution in [0.5, 0.6) is 11.5 Å². The van der Waals surface area contributed by atoms with Crippen LogP contribution in [0.2, 0.25) is 0 Å². The van der Waals surface area contributed by atoms with Gasteiger partial charge in [0.1, 0.15) is 5.65 Å². The Morgan fingerprint density at radius 2 is 2.14 bits per heavy atom. The van der Waals surface area contributed by atoms with Gasteiger partial charge in [0.25, 0.3) is 0 Å². The van der Waals surface area contributed by atoms with Gasteiger partial charge >= 0.3 is 6.29 Å². The second-order valence-electron chi connectivity index (χ2n) is 6.31. The third kappa shape index (κ3) is 3.15. The summed E-state index contributed by atoms with van der Waals surface area (Å²) < 4.78 is 36.4. The van der Waals surface area contributed by atoms with Gasteiger partial charge in [-0.3, -0.25) is 0 Å². The number of fused-ring (bicyclic) bond motifs is 2. The van der Waals surface area contributed by atoms with E-state index in [2.05, 4.69) is 25.0 Å². The SMILES string of the molecule is OCCNc1nc(-c2cnc3[nH]cc(-c4cccc5c4OC(F)(F)O5)c3c2)cs1. The van der Waals surface area contributed by atoms with Gasteiger partial charge in [0.05, 0.1) is 12.3 Å². The maximum absolute atomic E-state index is 13.6. The van der Waals surface area contributed by atoms with Crippen molar-refractivity contribution in [3.05, 3.63) is 42.0 Å². The van der Waals surface area contributed by atoms with Crippen LogP contribution in [-0.4, -0.2) is 39.5 Å². The highest BCUT2D eigenvalue weighted by atomic mass is 32.1. The van der Waals surface area contributed by atoms with Crippen molar-refractivity contribution in [2.24, 2.45) is 0 Å². The summed E-state index contributed by atoms with van der Waals surface area (Å²) in [6.45, 7) is 0.430. The first kappa shape index (κ1) is 17.8. The standard InChI is InChI=1S/C19H14F2N4O3S/c20-19(21)27-15-3-1-2-11(16(15)28-19)13-8-24-17-12(13)6-10(7-23-17)14-9-29-18(25-14)22-4-5-26/h1-3,6-9,26H,4-5H2,(H,22,25)(H,23,24). The summed E-state index contributed by atoms with van der Waals surface area (Å²) in [4.78, 5) is 12.0. The number of nitrogens with one attached hydrogen (secondary N) is 2. The van der Waals surface area contributed by atoms with E-state index in [4.69, 9.17) is 9.84 Å². The Morgan fingerprint density at radius 1 is 1.24 bits per heavy atom. The summed E-state index contributed by atoms with van der Waals surface area (Å²) >= 11 is 1.42. The van der Waals surface area contributed by atoms with Crippen LogP contribution < -0.4 is 14.8 Å². The number of anilines is 1. The van der Waals surface area contributed by atoms with E-state index in [-0.39, 0.29) is 18.1 Å². The lowest BCUT2D eigenvalue weighted by Crippen LogP contribution is -2.26. The molecule has 5 rings (SSSR count). The molecule has 0 bridgehead atoms. The van der Waals surface area contributed by atoms with Gasteiger partial charge in [-0.1, -0.05) is 12.1 Å². The molecule has 10 heteroatoms. The number of aromatic amines is 1. The van der Waals surface area contributed by atoms with Crippen LogP contribution in [0, 0.1) is 0 Å². The predicted molar refractivity (Wildman–Crippen MR) is 104 cm³/mol. The first-order valence-corrected chi connectivity index (χ1v) is 9.59. The van der Waals surface area contributed by atoms with Crippen molar-refractivity contribution in [3.8, 4) is 33.9 Å². The summed E-state index contributed by atoms with van der Waals surface area (Å²) in [5.41, 5.74) is 3.26. The molecule has 0 saturated heterocycles. The number of pyridine rings is 1. The Kier molecular flexibility index (Phi) is 4.10. The van der Waals surface area contributed by atoms with E-state index >= 15 is 0 Å². The summed E-state index contributed by atoms with van der Waals surface area (Å²) in [6.07, 6.45) is -0.296. The fourth-order valence-corrected chi connectivity index (χ4v) is 3.95. The molecule has 4 aromatic rings. The second-order valence-corrected chi connectivity index (χ2v) is 7.17. The minimum absolute atomic E-state index is 0.00653. The van der Waals surface area contributed by atoms with E-state index in [1.54, 1.807) is 24.5 Å². The molecular weight excluding hydrogens is 402 g/mol. The van der Waals surface area contributed by atoms with Crippen molar-refractivity contribution in [1.29, 1.82) is 0 Å². The largest absolute Gasteiger partial charge is 0.586 e. The third-order valence-electron chi connectivity index (χ3n) is 4.44. The number of para-hydroxylation sites is 1. The number of aliphatic hydroxyl groups is 1. The molecule has 0 aliphatic carbocycles. The number of H-pyrrole nitrogens is 1. The van der Waals surface area contributed by atoms with Gasteiger partial charge in [-0.15, -0.1) is 20.1 Å². The number of hydrogen-bond donors (Lipinski definition) is 3. The number of aromatic nitrogens is 3. The number of aliphatic hydroxyl groups excluding tert-OH is 1. The quantitative estimate of drug-likeness (QED) is 0.454. The van der Waals surface area contributed by atoms with Crippen LogP contribution in [0.15, 0.2) is 42.0 Å². The monoisotopic (exact) mass is 416 g/mol. The van der Waals surface area contributed by atoms with E-state index < -0.39 is 6.29 Å². The van der Waals surface area contributed by atoms with Crippen molar-refractivity contribution in [2.45, 2.75) is 6.29 Å². The first-order valence-electron chi connectivity index (χ1n) is 8.71. The molecule has 0 spiro atoms. The number of halogens is 2. The Bertz CT molecular complexity index is 1210. The van der Waals surface area contributed by atoms with Crippen molar-refractivity contribution in [1.82, 2.24) is 15.0 Å². The lowest BCUT2D eigenvalue weighted by atomic mass is 10.0. The molecule has 0 saturated carbocycles. The average Bonchev–Trinajstić information content (AvgIpc) is 3.40. The normalized spacial score (nSPS) is 14.4. The van der Waals surface area contributed by atoms with E-state index in [0.717, 1.165) is 16.6 Å². The number of rotatable bonds is 5. The zero-order valence-electron chi connectivity index (χ0n) is 14.8. The Hall–Kier alpha value is -3.24. The fourth-order valence-electron chi connectivity index (χ4n) is 3.20. The third-order valence-corrected chi connectivity index (χ3v) is 5.24. The molecule has 0 atom stereocenters. The first-order chi connectivity index (χ1) is 14.0. The summed E-state index contributed by atoms with van der Waals surface area (Å²) in [5, 5.41) is 15.3. The minimum Gasteiger partial charge on any atom is -0.395 e. The van der Waals surface area contributed by atoms with Crippen molar-refractivity contribution in [2.75, 3.05) is 18.5 Å². The van der Waals surface area contributed by atoms with Crippen molar-refractivity contribution in [3.63, 3.8) is 0 Å². The fraction of sp³-hybridized carbons (Fsp3) is 0.158. The molecule has 0 amide bonds. The van der Waals surface area contributed by atoms with E-state index in [1.807, 2.05) is 11.4 Å². The molecule has 1 aromatic carbocycles. The molecular formula is C19H14F2N4O3S. The van der Waals surface area contributed by atoms with Gasteiger partial charge in [-0.05, 0) is 12.1 Å². The molecule has 148 valence electrons. The highest BCUT2D eigenvalue weighted by molar-refractivity contribution is 7.14. The zero-order valence-corrected chi connectivity index (χ0v) is 15.6. The number of hydrogen-bond acceptors (Lipinski definition) is 7. The number of alkyl halides is 2. The second kappa shape index (κ2) is 6.68. The van der Waals surface area contributed by atoms with Crippen LogP contribution in [0.3, 0.4) is 0 Å². The smallest absolute Gasteiger partial charge is 0.395 e. The maximum atomic E-state index is 13.6.